The Morgan fingerprint density at radius 3 is 2.59 bits per heavy atom. The fourth-order valence-corrected chi connectivity index (χ4v) is 4.23. The summed E-state index contributed by atoms with van der Waals surface area (Å²) in [6.07, 6.45) is 0. The van der Waals surface area contributed by atoms with Crippen LogP contribution >= 0.6 is 11.3 Å². The van der Waals surface area contributed by atoms with E-state index >= 15 is 0 Å². The van der Waals surface area contributed by atoms with E-state index in [1.54, 1.807) is 23.5 Å². The van der Waals surface area contributed by atoms with Gasteiger partial charge in [-0.2, -0.15) is 0 Å². The van der Waals surface area contributed by atoms with E-state index in [4.69, 9.17) is 0 Å². The van der Waals surface area contributed by atoms with Gasteiger partial charge >= 0.3 is 0 Å². The first-order valence-electron chi connectivity index (χ1n) is 8.79. The van der Waals surface area contributed by atoms with E-state index in [2.05, 4.69) is 28.9 Å². The zero-order valence-electron chi connectivity index (χ0n) is 14.9. The van der Waals surface area contributed by atoms with Gasteiger partial charge in [0.05, 0.1) is 6.04 Å². The van der Waals surface area contributed by atoms with Crippen molar-refractivity contribution in [1.29, 1.82) is 0 Å². The number of amides is 1. The predicted octanol–water partition coefficient (Wildman–Crippen LogP) is 5.38. The molecule has 3 nitrogen and oxygen atoms in total. The molecule has 0 saturated carbocycles. The molecular weight excluding hydrogens is 359 g/mol. The highest BCUT2D eigenvalue weighted by molar-refractivity contribution is 7.16. The molecule has 0 fully saturated rings. The normalized spacial score (nSPS) is 12.2. The van der Waals surface area contributed by atoms with Gasteiger partial charge in [-0.1, -0.05) is 42.5 Å². The SMILES string of the molecule is C[C@H](c1ccccc1)n1c(C(=O)NCc2ccc(F)cc2)cc2ccsc21. The van der Waals surface area contributed by atoms with Crippen LogP contribution in [-0.4, -0.2) is 10.5 Å². The summed E-state index contributed by atoms with van der Waals surface area (Å²) >= 11 is 1.63. The first-order chi connectivity index (χ1) is 13.1. The fourth-order valence-electron chi connectivity index (χ4n) is 3.26. The van der Waals surface area contributed by atoms with E-state index in [1.807, 2.05) is 35.7 Å². The number of rotatable bonds is 5. The highest BCUT2D eigenvalue weighted by Crippen LogP contribution is 2.31. The topological polar surface area (TPSA) is 34.0 Å². The molecule has 1 atom stereocenters. The Labute approximate surface area is 161 Å². The van der Waals surface area contributed by atoms with Crippen molar-refractivity contribution in [3.05, 3.63) is 94.7 Å². The Morgan fingerprint density at radius 2 is 1.85 bits per heavy atom. The molecule has 136 valence electrons. The maximum Gasteiger partial charge on any atom is 0.268 e. The lowest BCUT2D eigenvalue weighted by molar-refractivity contribution is 0.0941. The largest absolute Gasteiger partial charge is 0.347 e. The van der Waals surface area contributed by atoms with Gasteiger partial charge < -0.3 is 9.88 Å². The molecule has 4 aromatic rings. The minimum atomic E-state index is -0.282. The molecule has 0 aliphatic heterocycles. The third kappa shape index (κ3) is 3.51. The van der Waals surface area contributed by atoms with Crippen LogP contribution in [-0.2, 0) is 6.54 Å². The minimum absolute atomic E-state index is 0.0360. The van der Waals surface area contributed by atoms with Crippen molar-refractivity contribution >= 4 is 27.5 Å². The Bertz CT molecular complexity index is 1070. The molecule has 0 unspecified atom stereocenters. The molecule has 0 saturated heterocycles. The number of hydrogen-bond acceptors (Lipinski definition) is 2. The number of nitrogens with zero attached hydrogens (tertiary/aromatic N) is 1. The Balaban J connectivity index is 1.64. The average Bonchev–Trinajstić information content (AvgIpc) is 3.28. The summed E-state index contributed by atoms with van der Waals surface area (Å²) in [6.45, 7) is 2.46. The molecule has 0 aliphatic rings. The number of carbonyl (C=O) groups excluding carboxylic acids is 1. The molecule has 0 radical (unpaired) electrons. The first kappa shape index (κ1) is 17.5. The summed E-state index contributed by atoms with van der Waals surface area (Å²) in [5.41, 5.74) is 2.65. The summed E-state index contributed by atoms with van der Waals surface area (Å²) in [5.74, 6) is -0.415. The van der Waals surface area contributed by atoms with Gasteiger partial charge in [-0.25, -0.2) is 4.39 Å². The van der Waals surface area contributed by atoms with Gasteiger partial charge in [-0.15, -0.1) is 11.3 Å². The molecule has 4 rings (SSSR count). The van der Waals surface area contributed by atoms with E-state index in [9.17, 15) is 9.18 Å². The van der Waals surface area contributed by atoms with Gasteiger partial charge in [-0.3, -0.25) is 4.79 Å². The molecule has 0 aliphatic carbocycles. The van der Waals surface area contributed by atoms with Crippen LogP contribution in [0.1, 0.15) is 34.6 Å². The zero-order valence-corrected chi connectivity index (χ0v) is 15.7. The summed E-state index contributed by atoms with van der Waals surface area (Å²) in [5, 5.41) is 6.06. The third-order valence-corrected chi connectivity index (χ3v) is 5.64. The Hall–Kier alpha value is -2.92. The van der Waals surface area contributed by atoms with Crippen molar-refractivity contribution in [2.24, 2.45) is 0 Å². The van der Waals surface area contributed by atoms with Crippen LogP contribution < -0.4 is 5.32 Å². The highest BCUT2D eigenvalue weighted by atomic mass is 32.1. The van der Waals surface area contributed by atoms with E-state index in [0.29, 0.717) is 12.2 Å². The second-order valence-corrected chi connectivity index (χ2v) is 7.37. The fraction of sp³-hybridized carbons (Fsp3) is 0.136. The van der Waals surface area contributed by atoms with Gasteiger partial charge in [0.1, 0.15) is 16.3 Å². The lowest BCUT2D eigenvalue weighted by Crippen LogP contribution is -2.26. The molecule has 0 bridgehead atoms. The molecule has 1 N–H and O–H groups in total. The van der Waals surface area contributed by atoms with Crippen LogP contribution in [0.5, 0.6) is 0 Å². The number of hydrogen-bond donors (Lipinski definition) is 1. The van der Waals surface area contributed by atoms with Gasteiger partial charge in [-0.05, 0) is 47.7 Å². The minimum Gasteiger partial charge on any atom is -0.347 e. The van der Waals surface area contributed by atoms with Crippen molar-refractivity contribution in [3.8, 4) is 0 Å². The molecule has 5 heteroatoms. The smallest absolute Gasteiger partial charge is 0.268 e. The Kier molecular flexibility index (Phi) is 4.77. The molecule has 27 heavy (non-hydrogen) atoms. The number of aromatic nitrogens is 1. The van der Waals surface area contributed by atoms with Crippen molar-refractivity contribution in [2.45, 2.75) is 19.5 Å². The van der Waals surface area contributed by atoms with Crippen LogP contribution in [0.2, 0.25) is 0 Å². The van der Waals surface area contributed by atoms with E-state index < -0.39 is 0 Å². The average molecular weight is 378 g/mol. The number of thiophene rings is 1. The summed E-state index contributed by atoms with van der Waals surface area (Å²) < 4.78 is 15.1. The summed E-state index contributed by atoms with van der Waals surface area (Å²) in [7, 11) is 0. The van der Waals surface area contributed by atoms with Gasteiger partial charge in [0.15, 0.2) is 0 Å². The van der Waals surface area contributed by atoms with Gasteiger partial charge in [0, 0.05) is 11.9 Å². The molecular formula is C22H19FN2OS. The third-order valence-electron chi connectivity index (χ3n) is 4.71. The van der Waals surface area contributed by atoms with E-state index in [-0.39, 0.29) is 17.8 Å². The van der Waals surface area contributed by atoms with Crippen molar-refractivity contribution < 1.29 is 9.18 Å². The second kappa shape index (κ2) is 7.37. The van der Waals surface area contributed by atoms with E-state index in [1.165, 1.54) is 12.1 Å². The standard InChI is InChI=1S/C22H19FN2OS/c1-15(17-5-3-2-4-6-17)25-20(13-18-11-12-27-22(18)25)21(26)24-14-16-7-9-19(23)10-8-16/h2-13,15H,14H2,1H3,(H,24,26)/t15-/m1/s1. The molecule has 2 aromatic heterocycles. The van der Waals surface area contributed by atoms with Crippen LogP contribution in [0.4, 0.5) is 4.39 Å². The van der Waals surface area contributed by atoms with Crippen LogP contribution in [0.15, 0.2) is 72.1 Å². The monoisotopic (exact) mass is 378 g/mol. The van der Waals surface area contributed by atoms with Gasteiger partial charge in [0.25, 0.3) is 5.91 Å². The van der Waals surface area contributed by atoms with Crippen molar-refractivity contribution in [3.63, 3.8) is 0 Å². The quantitative estimate of drug-likeness (QED) is 0.497. The zero-order chi connectivity index (χ0) is 18.8. The second-order valence-electron chi connectivity index (χ2n) is 6.48. The molecule has 1 amide bonds. The molecule has 0 spiro atoms. The molecule has 2 heterocycles. The number of halogens is 1. The lowest BCUT2D eigenvalue weighted by Gasteiger charge is -2.18. The number of nitrogens with one attached hydrogen (secondary N) is 1. The maximum absolute atomic E-state index is 13.0. The van der Waals surface area contributed by atoms with Crippen LogP contribution in [0, 0.1) is 5.82 Å². The predicted molar refractivity (Wildman–Crippen MR) is 108 cm³/mol. The maximum atomic E-state index is 13.0. The van der Waals surface area contributed by atoms with E-state index in [0.717, 1.165) is 21.3 Å². The summed E-state index contributed by atoms with van der Waals surface area (Å²) in [6, 6.07) is 20.3. The Morgan fingerprint density at radius 1 is 1.11 bits per heavy atom. The lowest BCUT2D eigenvalue weighted by atomic mass is 10.1. The van der Waals surface area contributed by atoms with Gasteiger partial charge in [0.2, 0.25) is 0 Å². The highest BCUT2D eigenvalue weighted by Gasteiger charge is 2.21. The number of carbonyl (C=O) groups is 1. The first-order valence-corrected chi connectivity index (χ1v) is 9.67. The number of fused-ring (bicyclic) bond motifs is 1. The summed E-state index contributed by atoms with van der Waals surface area (Å²) in [4.78, 5) is 14.0. The van der Waals surface area contributed by atoms with Crippen molar-refractivity contribution in [2.75, 3.05) is 0 Å². The van der Waals surface area contributed by atoms with Crippen LogP contribution in [0.25, 0.3) is 10.2 Å². The van der Waals surface area contributed by atoms with Crippen LogP contribution in [0.3, 0.4) is 0 Å². The molecule has 2 aromatic carbocycles. The van der Waals surface area contributed by atoms with Crippen molar-refractivity contribution in [1.82, 2.24) is 9.88 Å². The number of benzene rings is 2.